The SMILES string of the molecule is O=C(CCS(=O)(=O)c1ccccc1)Nc1nc2ccc(Cl)cc2s1. The lowest BCUT2D eigenvalue weighted by molar-refractivity contribution is -0.115. The van der Waals surface area contributed by atoms with Crippen LogP contribution in [0.2, 0.25) is 5.02 Å². The van der Waals surface area contributed by atoms with Crippen molar-refractivity contribution < 1.29 is 13.2 Å². The molecule has 0 atom stereocenters. The number of fused-ring (bicyclic) bond motifs is 1. The third kappa shape index (κ3) is 3.92. The lowest BCUT2D eigenvalue weighted by atomic mass is 10.3. The molecule has 0 saturated heterocycles. The van der Waals surface area contributed by atoms with Gasteiger partial charge in [-0.05, 0) is 30.3 Å². The molecule has 2 aromatic carbocycles. The molecule has 1 amide bonds. The Morgan fingerprint density at radius 3 is 2.67 bits per heavy atom. The molecule has 1 heterocycles. The zero-order valence-corrected chi connectivity index (χ0v) is 14.8. The van der Waals surface area contributed by atoms with E-state index >= 15 is 0 Å². The number of sulfone groups is 1. The molecule has 1 aromatic heterocycles. The van der Waals surface area contributed by atoms with E-state index in [4.69, 9.17) is 11.6 Å². The van der Waals surface area contributed by atoms with E-state index in [2.05, 4.69) is 10.3 Å². The maximum atomic E-state index is 12.2. The van der Waals surface area contributed by atoms with Gasteiger partial charge in [-0.25, -0.2) is 13.4 Å². The van der Waals surface area contributed by atoms with Crippen molar-refractivity contribution in [3.63, 3.8) is 0 Å². The molecule has 0 aliphatic rings. The smallest absolute Gasteiger partial charge is 0.227 e. The van der Waals surface area contributed by atoms with E-state index < -0.39 is 9.84 Å². The third-order valence-corrected chi connectivity index (χ3v) is 6.20. The molecule has 24 heavy (non-hydrogen) atoms. The summed E-state index contributed by atoms with van der Waals surface area (Å²) in [4.78, 5) is 16.5. The molecule has 8 heteroatoms. The number of rotatable bonds is 5. The number of hydrogen-bond donors (Lipinski definition) is 1. The van der Waals surface area contributed by atoms with Gasteiger partial charge in [-0.1, -0.05) is 41.1 Å². The number of benzene rings is 2. The van der Waals surface area contributed by atoms with Crippen LogP contribution in [0.4, 0.5) is 5.13 Å². The molecule has 0 bridgehead atoms. The average molecular weight is 381 g/mol. The Morgan fingerprint density at radius 2 is 1.92 bits per heavy atom. The molecule has 0 aliphatic heterocycles. The molecule has 0 fully saturated rings. The van der Waals surface area contributed by atoms with Crippen LogP contribution in [0.5, 0.6) is 0 Å². The molecular formula is C16H13ClN2O3S2. The minimum Gasteiger partial charge on any atom is -0.302 e. The lowest BCUT2D eigenvalue weighted by Crippen LogP contribution is -2.17. The average Bonchev–Trinajstić information content (AvgIpc) is 2.95. The Balaban J connectivity index is 1.65. The van der Waals surface area contributed by atoms with Crippen LogP contribution in [0.1, 0.15) is 6.42 Å². The van der Waals surface area contributed by atoms with Gasteiger partial charge < -0.3 is 5.32 Å². The Bertz CT molecular complexity index is 985. The summed E-state index contributed by atoms with van der Waals surface area (Å²) in [5.41, 5.74) is 0.733. The zero-order valence-electron chi connectivity index (χ0n) is 12.4. The first-order valence-electron chi connectivity index (χ1n) is 7.08. The minimum absolute atomic E-state index is 0.131. The van der Waals surface area contributed by atoms with Crippen LogP contribution in [-0.4, -0.2) is 25.1 Å². The van der Waals surface area contributed by atoms with Crippen LogP contribution in [0.25, 0.3) is 10.2 Å². The maximum absolute atomic E-state index is 12.2. The first-order valence-corrected chi connectivity index (χ1v) is 9.92. The largest absolute Gasteiger partial charge is 0.302 e. The van der Waals surface area contributed by atoms with E-state index in [1.54, 1.807) is 36.4 Å². The van der Waals surface area contributed by atoms with Gasteiger partial charge in [0.2, 0.25) is 5.91 Å². The highest BCUT2D eigenvalue weighted by Gasteiger charge is 2.17. The van der Waals surface area contributed by atoms with Gasteiger partial charge in [0, 0.05) is 11.4 Å². The highest BCUT2D eigenvalue weighted by molar-refractivity contribution is 7.91. The van der Waals surface area contributed by atoms with Gasteiger partial charge in [-0.3, -0.25) is 4.79 Å². The molecule has 0 unspecified atom stereocenters. The number of carbonyl (C=O) groups excluding carboxylic acids is 1. The normalized spacial score (nSPS) is 11.5. The van der Waals surface area contributed by atoms with Crippen LogP contribution in [-0.2, 0) is 14.6 Å². The van der Waals surface area contributed by atoms with Gasteiger partial charge in [0.05, 0.1) is 20.9 Å². The fraction of sp³-hybridized carbons (Fsp3) is 0.125. The molecule has 0 radical (unpaired) electrons. The summed E-state index contributed by atoms with van der Waals surface area (Å²) < 4.78 is 25.2. The second kappa shape index (κ2) is 6.88. The lowest BCUT2D eigenvalue weighted by Gasteiger charge is -2.04. The van der Waals surface area contributed by atoms with E-state index in [1.807, 2.05) is 0 Å². The number of nitrogens with zero attached hydrogens (tertiary/aromatic N) is 1. The van der Waals surface area contributed by atoms with Crippen LogP contribution in [0, 0.1) is 0 Å². The zero-order chi connectivity index (χ0) is 17.2. The molecular weight excluding hydrogens is 368 g/mol. The van der Waals surface area contributed by atoms with E-state index in [-0.39, 0.29) is 23.0 Å². The summed E-state index contributed by atoms with van der Waals surface area (Å²) >= 11 is 7.21. The Morgan fingerprint density at radius 1 is 1.17 bits per heavy atom. The van der Waals surface area contributed by atoms with Gasteiger partial charge >= 0.3 is 0 Å². The van der Waals surface area contributed by atoms with Crippen molar-refractivity contribution in [2.75, 3.05) is 11.1 Å². The van der Waals surface area contributed by atoms with Crippen molar-refractivity contribution in [2.45, 2.75) is 11.3 Å². The molecule has 124 valence electrons. The summed E-state index contributed by atoms with van der Waals surface area (Å²) in [6.07, 6.45) is -0.131. The quantitative estimate of drug-likeness (QED) is 0.731. The molecule has 5 nitrogen and oxygen atoms in total. The fourth-order valence-electron chi connectivity index (χ4n) is 2.11. The summed E-state index contributed by atoms with van der Waals surface area (Å²) in [6.45, 7) is 0. The number of amides is 1. The Kier molecular flexibility index (Phi) is 4.84. The number of halogens is 1. The molecule has 3 aromatic rings. The number of thiazole rings is 1. The number of nitrogens with one attached hydrogen (secondary N) is 1. The summed E-state index contributed by atoms with van der Waals surface area (Å²) in [5, 5.41) is 3.66. The highest BCUT2D eigenvalue weighted by atomic mass is 35.5. The summed E-state index contributed by atoms with van der Waals surface area (Å²) in [7, 11) is -3.47. The van der Waals surface area contributed by atoms with Crippen molar-refractivity contribution in [2.24, 2.45) is 0 Å². The van der Waals surface area contributed by atoms with Gasteiger partial charge in [0.15, 0.2) is 15.0 Å². The van der Waals surface area contributed by atoms with E-state index in [0.717, 1.165) is 10.2 Å². The van der Waals surface area contributed by atoms with E-state index in [0.29, 0.717) is 10.2 Å². The molecule has 0 aliphatic carbocycles. The van der Waals surface area contributed by atoms with Gasteiger partial charge in [-0.15, -0.1) is 0 Å². The summed E-state index contributed by atoms with van der Waals surface area (Å²) in [6, 6.07) is 13.3. The molecule has 3 rings (SSSR count). The molecule has 0 spiro atoms. The second-order valence-corrected chi connectivity index (χ2v) is 8.64. The second-order valence-electron chi connectivity index (χ2n) is 5.06. The summed E-state index contributed by atoms with van der Waals surface area (Å²) in [5.74, 6) is -0.640. The highest BCUT2D eigenvalue weighted by Crippen LogP contribution is 2.28. The van der Waals surface area contributed by atoms with Crippen molar-refractivity contribution in [3.8, 4) is 0 Å². The van der Waals surface area contributed by atoms with E-state index in [9.17, 15) is 13.2 Å². The number of anilines is 1. The van der Waals surface area contributed by atoms with Crippen LogP contribution in [0.15, 0.2) is 53.4 Å². The number of carbonyl (C=O) groups is 1. The fourth-order valence-corrected chi connectivity index (χ4v) is 4.53. The minimum atomic E-state index is -3.47. The maximum Gasteiger partial charge on any atom is 0.227 e. The number of aromatic nitrogens is 1. The monoisotopic (exact) mass is 380 g/mol. The van der Waals surface area contributed by atoms with Crippen molar-refractivity contribution in [3.05, 3.63) is 53.6 Å². The number of hydrogen-bond acceptors (Lipinski definition) is 5. The molecule has 0 saturated carbocycles. The van der Waals surface area contributed by atoms with Gasteiger partial charge in [0.25, 0.3) is 0 Å². The van der Waals surface area contributed by atoms with Gasteiger partial charge in [0.1, 0.15) is 0 Å². The first kappa shape index (κ1) is 16.9. The van der Waals surface area contributed by atoms with Gasteiger partial charge in [-0.2, -0.15) is 0 Å². The van der Waals surface area contributed by atoms with Crippen molar-refractivity contribution in [1.29, 1.82) is 0 Å². The molecule has 1 N–H and O–H groups in total. The standard InChI is InChI=1S/C16H13ClN2O3S2/c17-11-6-7-13-14(10-11)23-16(18-13)19-15(20)8-9-24(21,22)12-4-2-1-3-5-12/h1-7,10H,8-9H2,(H,18,19,20). The van der Waals surface area contributed by atoms with E-state index in [1.165, 1.54) is 23.5 Å². The predicted molar refractivity (Wildman–Crippen MR) is 96.4 cm³/mol. The topological polar surface area (TPSA) is 76.1 Å². The third-order valence-electron chi connectivity index (χ3n) is 3.30. The van der Waals surface area contributed by atoms with Crippen molar-refractivity contribution >= 4 is 54.0 Å². The van der Waals surface area contributed by atoms with Crippen molar-refractivity contribution in [1.82, 2.24) is 4.98 Å². The van der Waals surface area contributed by atoms with Crippen LogP contribution < -0.4 is 5.32 Å². The Hall–Kier alpha value is -1.96. The predicted octanol–water partition coefficient (Wildman–Crippen LogP) is 3.75. The van der Waals surface area contributed by atoms with Crippen LogP contribution >= 0.6 is 22.9 Å². The first-order chi connectivity index (χ1) is 11.4. The Labute approximate surface area is 148 Å². The van der Waals surface area contributed by atoms with Crippen LogP contribution in [0.3, 0.4) is 0 Å².